The third kappa shape index (κ3) is 3.46. The number of hydrazine groups is 1. The summed E-state index contributed by atoms with van der Waals surface area (Å²) in [4.78, 5) is 19.0. The van der Waals surface area contributed by atoms with Gasteiger partial charge in [0.15, 0.2) is 0 Å². The van der Waals surface area contributed by atoms with Crippen molar-refractivity contribution in [1.82, 2.24) is 15.3 Å². The average Bonchev–Trinajstić information content (AvgIpc) is 2.91. The molecule has 100 valence electrons. The molecule has 0 bridgehead atoms. The van der Waals surface area contributed by atoms with Gasteiger partial charge in [0.25, 0.3) is 5.91 Å². The second kappa shape index (κ2) is 6.21. The number of nitrogen functional groups attached to an aromatic ring is 1. The van der Waals surface area contributed by atoms with Gasteiger partial charge in [0.1, 0.15) is 5.82 Å². The lowest BCUT2D eigenvalue weighted by Gasteiger charge is -2.09. The van der Waals surface area contributed by atoms with Gasteiger partial charge in [-0.2, -0.15) is 0 Å². The number of anilines is 1. The van der Waals surface area contributed by atoms with E-state index < -0.39 is 0 Å². The van der Waals surface area contributed by atoms with Crippen molar-refractivity contribution in [1.29, 1.82) is 0 Å². The van der Waals surface area contributed by atoms with Crippen LogP contribution >= 0.6 is 11.6 Å². The molecule has 6 nitrogen and oxygen atoms in total. The van der Waals surface area contributed by atoms with E-state index in [0.29, 0.717) is 29.2 Å². The highest BCUT2D eigenvalue weighted by molar-refractivity contribution is 6.31. The minimum absolute atomic E-state index is 0.234. The standard InChI is InChI=1S/C12H14ClN5O/c13-8-1-2-10(18-14)9(7-8)12(19)17-4-3-11-15-5-6-16-11/h1-2,5-7,18H,3-4,14H2,(H,15,16)(H,17,19). The Morgan fingerprint density at radius 3 is 3.00 bits per heavy atom. The van der Waals surface area contributed by atoms with Crippen LogP contribution < -0.4 is 16.6 Å². The predicted molar refractivity (Wildman–Crippen MR) is 73.9 cm³/mol. The number of halogens is 1. The van der Waals surface area contributed by atoms with Crippen LogP contribution in [-0.2, 0) is 6.42 Å². The predicted octanol–water partition coefficient (Wildman–Crippen LogP) is 1.32. The molecule has 0 spiro atoms. The molecule has 1 heterocycles. The summed E-state index contributed by atoms with van der Waals surface area (Å²) in [5, 5.41) is 3.27. The quantitative estimate of drug-likeness (QED) is 0.490. The van der Waals surface area contributed by atoms with Gasteiger partial charge in [-0.25, -0.2) is 4.98 Å². The molecule has 0 fully saturated rings. The van der Waals surface area contributed by atoms with E-state index in [0.717, 1.165) is 5.82 Å². The highest BCUT2D eigenvalue weighted by atomic mass is 35.5. The molecule has 0 atom stereocenters. The van der Waals surface area contributed by atoms with Gasteiger partial charge in [0.2, 0.25) is 0 Å². The molecule has 2 rings (SSSR count). The second-order valence-electron chi connectivity index (χ2n) is 3.88. The zero-order valence-electron chi connectivity index (χ0n) is 10.1. The lowest BCUT2D eigenvalue weighted by molar-refractivity contribution is 0.0955. The van der Waals surface area contributed by atoms with Crippen molar-refractivity contribution in [3.63, 3.8) is 0 Å². The molecule has 0 aliphatic heterocycles. The van der Waals surface area contributed by atoms with Crippen molar-refractivity contribution in [2.75, 3.05) is 12.0 Å². The SMILES string of the molecule is NNc1ccc(Cl)cc1C(=O)NCCc1ncc[nH]1. The maximum absolute atomic E-state index is 12.0. The second-order valence-corrected chi connectivity index (χ2v) is 4.31. The molecule has 1 aromatic heterocycles. The summed E-state index contributed by atoms with van der Waals surface area (Å²) in [6.07, 6.45) is 4.04. The van der Waals surface area contributed by atoms with E-state index in [-0.39, 0.29) is 5.91 Å². The summed E-state index contributed by atoms with van der Waals surface area (Å²) in [5.74, 6) is 5.94. The molecule has 7 heteroatoms. The number of nitrogens with zero attached hydrogens (tertiary/aromatic N) is 1. The van der Waals surface area contributed by atoms with Crippen LogP contribution in [0.5, 0.6) is 0 Å². The van der Waals surface area contributed by atoms with Crippen LogP contribution in [0.4, 0.5) is 5.69 Å². The fourth-order valence-corrected chi connectivity index (χ4v) is 1.83. The van der Waals surface area contributed by atoms with E-state index in [1.807, 2.05) is 0 Å². The Bertz CT molecular complexity index is 555. The number of nitrogens with one attached hydrogen (secondary N) is 3. The number of aromatic nitrogens is 2. The molecule has 1 amide bonds. The molecule has 5 N–H and O–H groups in total. The number of benzene rings is 1. The van der Waals surface area contributed by atoms with Gasteiger partial charge in [-0.3, -0.25) is 10.6 Å². The van der Waals surface area contributed by atoms with Crippen LogP contribution in [-0.4, -0.2) is 22.4 Å². The summed E-state index contributed by atoms with van der Waals surface area (Å²) in [5.41, 5.74) is 3.41. The van der Waals surface area contributed by atoms with Crippen molar-refractivity contribution in [3.8, 4) is 0 Å². The van der Waals surface area contributed by atoms with Gasteiger partial charge in [-0.1, -0.05) is 11.6 Å². The number of aromatic amines is 1. The molecular formula is C12H14ClN5O. The third-order valence-electron chi connectivity index (χ3n) is 2.58. The Morgan fingerprint density at radius 1 is 1.47 bits per heavy atom. The van der Waals surface area contributed by atoms with Crippen molar-refractivity contribution in [3.05, 3.63) is 47.0 Å². The zero-order chi connectivity index (χ0) is 13.7. The molecular weight excluding hydrogens is 266 g/mol. The lowest BCUT2D eigenvalue weighted by atomic mass is 10.1. The van der Waals surface area contributed by atoms with Crippen LogP contribution in [0.25, 0.3) is 0 Å². The molecule has 0 aliphatic rings. The number of rotatable bonds is 5. The van der Waals surface area contributed by atoms with Crippen LogP contribution in [0.1, 0.15) is 16.2 Å². The molecule has 0 saturated carbocycles. The lowest BCUT2D eigenvalue weighted by Crippen LogP contribution is -2.27. The molecule has 2 aromatic rings. The maximum atomic E-state index is 12.0. The summed E-state index contributed by atoms with van der Waals surface area (Å²) in [6, 6.07) is 4.89. The number of imidazole rings is 1. The zero-order valence-corrected chi connectivity index (χ0v) is 10.9. The van der Waals surface area contributed by atoms with Gasteiger partial charge in [0, 0.05) is 30.4 Å². The Morgan fingerprint density at radius 2 is 2.32 bits per heavy atom. The number of hydrogen-bond acceptors (Lipinski definition) is 4. The normalized spacial score (nSPS) is 10.2. The van der Waals surface area contributed by atoms with Crippen LogP contribution in [0.15, 0.2) is 30.6 Å². The molecule has 0 aliphatic carbocycles. The third-order valence-corrected chi connectivity index (χ3v) is 2.82. The summed E-state index contributed by atoms with van der Waals surface area (Å²) >= 11 is 5.87. The van der Waals surface area contributed by atoms with Crippen molar-refractivity contribution >= 4 is 23.2 Å². The number of hydrogen-bond donors (Lipinski definition) is 4. The first kappa shape index (κ1) is 13.4. The Labute approximate surface area is 115 Å². The van der Waals surface area contributed by atoms with Crippen LogP contribution in [0, 0.1) is 0 Å². The van der Waals surface area contributed by atoms with Gasteiger partial charge in [0.05, 0.1) is 11.3 Å². The van der Waals surface area contributed by atoms with E-state index in [9.17, 15) is 4.79 Å². The average molecular weight is 280 g/mol. The van der Waals surface area contributed by atoms with Crippen molar-refractivity contribution in [2.24, 2.45) is 5.84 Å². The molecule has 19 heavy (non-hydrogen) atoms. The molecule has 0 saturated heterocycles. The van der Waals surface area contributed by atoms with Gasteiger partial charge in [-0.05, 0) is 18.2 Å². The number of carbonyl (C=O) groups excluding carboxylic acids is 1. The highest BCUT2D eigenvalue weighted by Crippen LogP contribution is 2.19. The first-order chi connectivity index (χ1) is 9.20. The molecule has 1 aromatic carbocycles. The van der Waals surface area contributed by atoms with E-state index in [1.54, 1.807) is 30.6 Å². The Balaban J connectivity index is 1.97. The van der Waals surface area contributed by atoms with E-state index in [4.69, 9.17) is 17.4 Å². The summed E-state index contributed by atoms with van der Waals surface area (Å²) < 4.78 is 0. The maximum Gasteiger partial charge on any atom is 0.253 e. The van der Waals surface area contributed by atoms with Gasteiger partial charge in [-0.15, -0.1) is 0 Å². The van der Waals surface area contributed by atoms with Crippen LogP contribution in [0.3, 0.4) is 0 Å². The topological polar surface area (TPSA) is 95.8 Å². The number of amides is 1. The first-order valence-corrected chi connectivity index (χ1v) is 6.11. The number of carbonyl (C=O) groups is 1. The van der Waals surface area contributed by atoms with E-state index in [1.165, 1.54) is 0 Å². The Hall–Kier alpha value is -2.05. The monoisotopic (exact) mass is 279 g/mol. The minimum atomic E-state index is -0.234. The minimum Gasteiger partial charge on any atom is -0.352 e. The Kier molecular flexibility index (Phi) is 4.38. The van der Waals surface area contributed by atoms with Crippen LogP contribution in [0.2, 0.25) is 5.02 Å². The largest absolute Gasteiger partial charge is 0.352 e. The summed E-state index contributed by atoms with van der Waals surface area (Å²) in [7, 11) is 0. The van der Waals surface area contributed by atoms with Gasteiger partial charge < -0.3 is 15.7 Å². The van der Waals surface area contributed by atoms with E-state index in [2.05, 4.69) is 20.7 Å². The fourth-order valence-electron chi connectivity index (χ4n) is 1.65. The van der Waals surface area contributed by atoms with E-state index >= 15 is 0 Å². The summed E-state index contributed by atoms with van der Waals surface area (Å²) in [6.45, 7) is 0.475. The fraction of sp³-hybridized carbons (Fsp3) is 0.167. The number of nitrogens with two attached hydrogens (primary N) is 1. The highest BCUT2D eigenvalue weighted by Gasteiger charge is 2.11. The first-order valence-electron chi connectivity index (χ1n) is 5.73. The molecule has 0 unspecified atom stereocenters. The van der Waals surface area contributed by atoms with Crippen molar-refractivity contribution in [2.45, 2.75) is 6.42 Å². The van der Waals surface area contributed by atoms with Gasteiger partial charge >= 0.3 is 0 Å². The molecule has 0 radical (unpaired) electrons. The number of H-pyrrole nitrogens is 1. The smallest absolute Gasteiger partial charge is 0.253 e. The van der Waals surface area contributed by atoms with Crippen molar-refractivity contribution < 1.29 is 4.79 Å².